The van der Waals surface area contributed by atoms with E-state index >= 15 is 0 Å². The quantitative estimate of drug-likeness (QED) is 0.653. The summed E-state index contributed by atoms with van der Waals surface area (Å²) in [6.07, 6.45) is -0.582. The third kappa shape index (κ3) is 5.46. The number of nitrogens with one attached hydrogen (secondary N) is 1. The van der Waals surface area contributed by atoms with Crippen molar-refractivity contribution in [2.24, 2.45) is 5.92 Å². The highest BCUT2D eigenvalue weighted by atomic mass is 16.5. The van der Waals surface area contributed by atoms with Crippen molar-refractivity contribution in [3.63, 3.8) is 0 Å². The zero-order valence-electron chi connectivity index (χ0n) is 17.6. The van der Waals surface area contributed by atoms with E-state index in [1.54, 1.807) is 12.1 Å². The molecule has 30 heavy (non-hydrogen) atoms. The third-order valence-corrected chi connectivity index (χ3v) is 5.37. The van der Waals surface area contributed by atoms with Gasteiger partial charge in [-0.05, 0) is 41.7 Å². The van der Waals surface area contributed by atoms with E-state index in [1.807, 2.05) is 32.9 Å². The van der Waals surface area contributed by atoms with Gasteiger partial charge in [-0.1, -0.05) is 50.2 Å². The number of benzene rings is 2. The summed E-state index contributed by atoms with van der Waals surface area (Å²) < 4.78 is 11.3. The summed E-state index contributed by atoms with van der Waals surface area (Å²) in [5, 5.41) is 12.0. The van der Waals surface area contributed by atoms with Gasteiger partial charge in [-0.2, -0.15) is 0 Å². The molecule has 1 amide bonds. The number of hydrogen-bond donors (Lipinski definition) is 2. The van der Waals surface area contributed by atoms with Crippen LogP contribution < -0.4 is 5.32 Å². The van der Waals surface area contributed by atoms with Crippen molar-refractivity contribution >= 4 is 11.9 Å². The molecule has 0 saturated carbocycles. The molecule has 1 heterocycles. The number of aromatic carboxylic acids is 1. The molecule has 1 fully saturated rings. The molecule has 0 radical (unpaired) electrons. The Labute approximate surface area is 177 Å². The number of carboxylic acids is 1. The van der Waals surface area contributed by atoms with Crippen molar-refractivity contribution in [1.29, 1.82) is 0 Å². The van der Waals surface area contributed by atoms with Crippen molar-refractivity contribution in [3.05, 3.63) is 70.8 Å². The molecular formula is C24H29NO5. The smallest absolute Gasteiger partial charge is 0.335 e. The molecule has 6 nitrogen and oxygen atoms in total. The van der Waals surface area contributed by atoms with Gasteiger partial charge in [0.1, 0.15) is 6.10 Å². The van der Waals surface area contributed by atoms with Crippen LogP contribution >= 0.6 is 0 Å². The molecule has 2 aromatic rings. The molecule has 6 heteroatoms. The Bertz CT molecular complexity index is 873. The largest absolute Gasteiger partial charge is 0.478 e. The molecule has 2 aromatic carbocycles. The Hall–Kier alpha value is -2.70. The standard InChI is InChI=1S/C24H29NO5/c1-15(2)22(30-12-17-5-4-6-20(11-17)21-13-29-14-21)23(26)25-16(3)18-7-9-19(10-8-18)24(27)28/h4-11,15-16,21-22H,12-14H2,1-3H3,(H,25,26)(H,27,28). The molecule has 0 aromatic heterocycles. The summed E-state index contributed by atoms with van der Waals surface area (Å²) in [6.45, 7) is 7.66. The van der Waals surface area contributed by atoms with Crippen LogP contribution in [0.4, 0.5) is 0 Å². The second kappa shape index (κ2) is 9.87. The normalized spacial score (nSPS) is 16.0. The number of carbonyl (C=O) groups excluding carboxylic acids is 1. The molecule has 1 aliphatic heterocycles. The zero-order valence-corrected chi connectivity index (χ0v) is 17.6. The fourth-order valence-corrected chi connectivity index (χ4v) is 3.42. The molecule has 2 atom stereocenters. The van der Waals surface area contributed by atoms with E-state index in [1.165, 1.54) is 17.7 Å². The van der Waals surface area contributed by atoms with Crippen molar-refractivity contribution in [2.75, 3.05) is 13.2 Å². The minimum atomic E-state index is -0.972. The predicted molar refractivity (Wildman–Crippen MR) is 113 cm³/mol. The van der Waals surface area contributed by atoms with Crippen LogP contribution in [0.2, 0.25) is 0 Å². The van der Waals surface area contributed by atoms with E-state index in [0.717, 1.165) is 24.3 Å². The minimum Gasteiger partial charge on any atom is -0.478 e. The maximum atomic E-state index is 12.8. The van der Waals surface area contributed by atoms with Crippen LogP contribution in [-0.4, -0.2) is 36.3 Å². The van der Waals surface area contributed by atoms with Gasteiger partial charge in [0.15, 0.2) is 0 Å². The summed E-state index contributed by atoms with van der Waals surface area (Å²) in [5.74, 6) is -0.693. The molecule has 0 aliphatic carbocycles. The summed E-state index contributed by atoms with van der Waals surface area (Å²) >= 11 is 0. The second-order valence-electron chi connectivity index (χ2n) is 8.11. The lowest BCUT2D eigenvalue weighted by Crippen LogP contribution is -2.40. The average Bonchev–Trinajstić information content (AvgIpc) is 2.67. The third-order valence-electron chi connectivity index (χ3n) is 5.37. The molecule has 1 aliphatic rings. The average molecular weight is 411 g/mol. The van der Waals surface area contributed by atoms with Gasteiger partial charge in [0.2, 0.25) is 5.91 Å². The van der Waals surface area contributed by atoms with Crippen molar-refractivity contribution in [2.45, 2.75) is 45.4 Å². The van der Waals surface area contributed by atoms with Crippen molar-refractivity contribution < 1.29 is 24.2 Å². The Morgan fingerprint density at radius 2 is 1.83 bits per heavy atom. The van der Waals surface area contributed by atoms with Gasteiger partial charge in [0.25, 0.3) is 0 Å². The number of carboxylic acid groups (broad SMARTS) is 1. The van der Waals surface area contributed by atoms with E-state index in [-0.39, 0.29) is 23.4 Å². The SMILES string of the molecule is CC(NC(=O)C(OCc1cccc(C2COC2)c1)C(C)C)c1ccc(C(=O)O)cc1. The second-order valence-corrected chi connectivity index (χ2v) is 8.11. The molecule has 0 spiro atoms. The van der Waals surface area contributed by atoms with Crippen LogP contribution in [0, 0.1) is 5.92 Å². The summed E-state index contributed by atoms with van der Waals surface area (Å²) in [7, 11) is 0. The summed E-state index contributed by atoms with van der Waals surface area (Å²) in [4.78, 5) is 23.8. The lowest BCUT2D eigenvalue weighted by atomic mass is 9.96. The van der Waals surface area contributed by atoms with Gasteiger partial charge >= 0.3 is 5.97 Å². The van der Waals surface area contributed by atoms with Gasteiger partial charge in [-0.15, -0.1) is 0 Å². The highest BCUT2D eigenvalue weighted by Crippen LogP contribution is 2.25. The Balaban J connectivity index is 1.59. The first-order valence-corrected chi connectivity index (χ1v) is 10.3. The molecule has 160 valence electrons. The van der Waals surface area contributed by atoms with Crippen LogP contribution in [-0.2, 0) is 20.9 Å². The fraction of sp³-hybridized carbons (Fsp3) is 0.417. The Morgan fingerprint density at radius 1 is 1.13 bits per heavy atom. The lowest BCUT2D eigenvalue weighted by Gasteiger charge is -2.27. The first kappa shape index (κ1) is 22.0. The van der Waals surface area contributed by atoms with E-state index in [0.29, 0.717) is 12.5 Å². The van der Waals surface area contributed by atoms with E-state index < -0.39 is 12.1 Å². The van der Waals surface area contributed by atoms with Gasteiger partial charge in [0, 0.05) is 5.92 Å². The summed E-state index contributed by atoms with van der Waals surface area (Å²) in [5.41, 5.74) is 3.34. The molecule has 2 N–H and O–H groups in total. The molecule has 1 saturated heterocycles. The van der Waals surface area contributed by atoms with E-state index in [9.17, 15) is 9.59 Å². The lowest BCUT2D eigenvalue weighted by molar-refractivity contribution is -0.137. The molecular weight excluding hydrogens is 382 g/mol. The number of rotatable bonds is 9. The number of carbonyl (C=O) groups is 2. The zero-order chi connectivity index (χ0) is 21.7. The Morgan fingerprint density at radius 3 is 2.40 bits per heavy atom. The molecule has 0 bridgehead atoms. The van der Waals surface area contributed by atoms with Gasteiger partial charge in [0.05, 0.1) is 31.4 Å². The van der Waals surface area contributed by atoms with E-state index in [4.69, 9.17) is 14.6 Å². The first-order valence-electron chi connectivity index (χ1n) is 10.3. The molecule has 3 rings (SSSR count). The van der Waals surface area contributed by atoms with E-state index in [2.05, 4.69) is 17.4 Å². The number of amides is 1. The minimum absolute atomic E-state index is 0.00908. The van der Waals surface area contributed by atoms with Gasteiger partial charge in [-0.25, -0.2) is 4.79 Å². The highest BCUT2D eigenvalue weighted by molar-refractivity contribution is 5.87. The predicted octanol–water partition coefficient (Wildman–Crippen LogP) is 3.92. The van der Waals surface area contributed by atoms with Crippen LogP contribution in [0.5, 0.6) is 0 Å². The highest BCUT2D eigenvalue weighted by Gasteiger charge is 2.25. The van der Waals surface area contributed by atoms with Crippen molar-refractivity contribution in [3.8, 4) is 0 Å². The first-order chi connectivity index (χ1) is 14.3. The van der Waals surface area contributed by atoms with Crippen LogP contribution in [0.15, 0.2) is 48.5 Å². The Kier molecular flexibility index (Phi) is 7.24. The van der Waals surface area contributed by atoms with Crippen LogP contribution in [0.25, 0.3) is 0 Å². The fourth-order valence-electron chi connectivity index (χ4n) is 3.42. The van der Waals surface area contributed by atoms with Crippen LogP contribution in [0.3, 0.4) is 0 Å². The monoisotopic (exact) mass is 411 g/mol. The number of hydrogen-bond acceptors (Lipinski definition) is 4. The van der Waals surface area contributed by atoms with Crippen molar-refractivity contribution in [1.82, 2.24) is 5.32 Å². The van der Waals surface area contributed by atoms with Gasteiger partial charge in [-0.3, -0.25) is 4.79 Å². The number of ether oxygens (including phenoxy) is 2. The van der Waals surface area contributed by atoms with Crippen LogP contribution in [0.1, 0.15) is 59.8 Å². The summed E-state index contributed by atoms with van der Waals surface area (Å²) in [6, 6.07) is 14.5. The topological polar surface area (TPSA) is 84.9 Å². The maximum Gasteiger partial charge on any atom is 0.335 e. The van der Waals surface area contributed by atoms with Gasteiger partial charge < -0.3 is 19.9 Å². The maximum absolute atomic E-state index is 12.8. The molecule has 2 unspecified atom stereocenters.